The molecule has 0 aliphatic carbocycles. The summed E-state index contributed by atoms with van der Waals surface area (Å²) in [5, 5.41) is 3.58. The van der Waals surface area contributed by atoms with Crippen molar-refractivity contribution < 1.29 is 9.47 Å². The van der Waals surface area contributed by atoms with Gasteiger partial charge in [0.15, 0.2) is 11.5 Å². The van der Waals surface area contributed by atoms with Crippen LogP contribution in [0.15, 0.2) is 18.2 Å². The van der Waals surface area contributed by atoms with Crippen LogP contribution in [0.1, 0.15) is 12.0 Å². The molecule has 6 heteroatoms. The SMILES string of the molecule is COc1cc(C)ccc1OCCN1C[C@@H]2CCN[C@@H]2C1.Cl.Cl. The van der Waals surface area contributed by atoms with E-state index in [1.807, 2.05) is 12.1 Å². The van der Waals surface area contributed by atoms with Crippen LogP contribution in [-0.2, 0) is 0 Å². The highest BCUT2D eigenvalue weighted by Gasteiger charge is 2.35. The second-order valence-electron chi connectivity index (χ2n) is 5.87. The van der Waals surface area contributed by atoms with E-state index in [1.165, 1.54) is 31.6 Å². The zero-order valence-electron chi connectivity index (χ0n) is 13.2. The molecule has 4 nitrogen and oxygen atoms in total. The van der Waals surface area contributed by atoms with Crippen LogP contribution < -0.4 is 14.8 Å². The third-order valence-electron chi connectivity index (χ3n) is 4.42. The molecular weight excluding hydrogens is 323 g/mol. The monoisotopic (exact) mass is 348 g/mol. The third-order valence-corrected chi connectivity index (χ3v) is 4.42. The van der Waals surface area contributed by atoms with Crippen LogP contribution in [-0.4, -0.2) is 50.8 Å². The van der Waals surface area contributed by atoms with Crippen molar-refractivity contribution in [3.63, 3.8) is 0 Å². The Balaban J connectivity index is 0.00000121. The van der Waals surface area contributed by atoms with E-state index in [1.54, 1.807) is 7.11 Å². The summed E-state index contributed by atoms with van der Waals surface area (Å²) < 4.78 is 11.2. The molecule has 2 heterocycles. The summed E-state index contributed by atoms with van der Waals surface area (Å²) in [5.74, 6) is 2.52. The first-order chi connectivity index (χ1) is 9.76. The van der Waals surface area contributed by atoms with Crippen molar-refractivity contribution in [2.45, 2.75) is 19.4 Å². The highest BCUT2D eigenvalue weighted by molar-refractivity contribution is 5.85. The second-order valence-corrected chi connectivity index (χ2v) is 5.87. The van der Waals surface area contributed by atoms with E-state index < -0.39 is 0 Å². The molecule has 1 N–H and O–H groups in total. The van der Waals surface area contributed by atoms with Crippen molar-refractivity contribution in [2.75, 3.05) is 39.9 Å². The molecule has 1 aromatic carbocycles. The van der Waals surface area contributed by atoms with Gasteiger partial charge in [-0.1, -0.05) is 6.07 Å². The van der Waals surface area contributed by atoms with Crippen LogP contribution in [0, 0.1) is 12.8 Å². The Labute approximate surface area is 145 Å². The first-order valence-electron chi connectivity index (χ1n) is 7.49. The standard InChI is InChI=1S/C16H24N2O2.2ClH/c1-12-3-4-15(16(9-12)19-2)20-8-7-18-10-13-5-6-17-14(13)11-18;;/h3-4,9,13-14,17H,5-8,10-11H2,1-2H3;2*1H/t13-,14+;;/m0../s1. The maximum atomic E-state index is 5.88. The quantitative estimate of drug-likeness (QED) is 0.886. The molecule has 0 unspecified atom stereocenters. The van der Waals surface area contributed by atoms with Gasteiger partial charge in [-0.05, 0) is 43.5 Å². The Hall–Kier alpha value is -0.680. The Morgan fingerprint density at radius 1 is 1.23 bits per heavy atom. The molecule has 126 valence electrons. The number of fused-ring (bicyclic) bond motifs is 1. The molecule has 22 heavy (non-hydrogen) atoms. The molecule has 0 radical (unpaired) electrons. The summed E-state index contributed by atoms with van der Waals surface area (Å²) in [6, 6.07) is 6.78. The lowest BCUT2D eigenvalue weighted by Gasteiger charge is -2.18. The van der Waals surface area contributed by atoms with E-state index in [2.05, 4.69) is 23.2 Å². The normalized spacial score (nSPS) is 23.4. The maximum Gasteiger partial charge on any atom is 0.161 e. The van der Waals surface area contributed by atoms with Crippen molar-refractivity contribution in [2.24, 2.45) is 5.92 Å². The van der Waals surface area contributed by atoms with Crippen molar-refractivity contribution in [1.82, 2.24) is 10.2 Å². The summed E-state index contributed by atoms with van der Waals surface area (Å²) in [7, 11) is 1.69. The summed E-state index contributed by atoms with van der Waals surface area (Å²) in [4.78, 5) is 2.50. The molecule has 0 amide bonds. The van der Waals surface area contributed by atoms with Gasteiger partial charge in [0.25, 0.3) is 0 Å². The molecule has 0 bridgehead atoms. The number of hydrogen-bond acceptors (Lipinski definition) is 4. The Kier molecular flexibility index (Phi) is 7.77. The van der Waals surface area contributed by atoms with Gasteiger partial charge in [0.2, 0.25) is 0 Å². The number of hydrogen-bond donors (Lipinski definition) is 1. The van der Waals surface area contributed by atoms with E-state index in [4.69, 9.17) is 9.47 Å². The molecule has 0 saturated carbocycles. The number of rotatable bonds is 5. The number of ether oxygens (including phenoxy) is 2. The van der Waals surface area contributed by atoms with Crippen LogP contribution in [0.5, 0.6) is 11.5 Å². The topological polar surface area (TPSA) is 33.7 Å². The molecule has 3 rings (SSSR count). The van der Waals surface area contributed by atoms with Gasteiger partial charge in [0.05, 0.1) is 7.11 Å². The molecule has 2 aliphatic heterocycles. The second kappa shape index (κ2) is 8.82. The Bertz CT molecular complexity index is 461. The lowest BCUT2D eigenvalue weighted by Crippen LogP contribution is -2.32. The smallest absolute Gasteiger partial charge is 0.161 e. The number of aryl methyl sites for hydroxylation is 1. The van der Waals surface area contributed by atoms with Gasteiger partial charge in [-0.3, -0.25) is 4.90 Å². The molecule has 2 aliphatic rings. The minimum absolute atomic E-state index is 0. The minimum atomic E-state index is 0. The van der Waals surface area contributed by atoms with Crippen LogP contribution in [0.3, 0.4) is 0 Å². The van der Waals surface area contributed by atoms with Gasteiger partial charge in [-0.15, -0.1) is 24.8 Å². The number of likely N-dealkylation sites (tertiary alicyclic amines) is 1. The highest BCUT2D eigenvalue weighted by Crippen LogP contribution is 2.28. The van der Waals surface area contributed by atoms with E-state index in [0.29, 0.717) is 6.04 Å². The third kappa shape index (κ3) is 4.42. The van der Waals surface area contributed by atoms with Crippen molar-refractivity contribution in [3.05, 3.63) is 23.8 Å². The molecule has 1 aromatic rings. The molecule has 2 saturated heterocycles. The minimum Gasteiger partial charge on any atom is -0.493 e. The average Bonchev–Trinajstić information content (AvgIpc) is 3.01. The van der Waals surface area contributed by atoms with Crippen molar-refractivity contribution in [1.29, 1.82) is 0 Å². The van der Waals surface area contributed by atoms with Gasteiger partial charge in [-0.25, -0.2) is 0 Å². The predicted octanol–water partition coefficient (Wildman–Crippen LogP) is 2.52. The summed E-state index contributed by atoms with van der Waals surface area (Å²) in [6.45, 7) is 7.35. The van der Waals surface area contributed by atoms with E-state index in [0.717, 1.165) is 30.6 Å². The number of nitrogens with one attached hydrogen (secondary N) is 1. The largest absolute Gasteiger partial charge is 0.493 e. The average molecular weight is 349 g/mol. The molecular formula is C16H26Cl2N2O2. The number of nitrogens with zero attached hydrogens (tertiary/aromatic N) is 1. The van der Waals surface area contributed by atoms with Gasteiger partial charge >= 0.3 is 0 Å². The van der Waals surface area contributed by atoms with Crippen LogP contribution >= 0.6 is 24.8 Å². The lowest BCUT2D eigenvalue weighted by atomic mass is 10.1. The first-order valence-corrected chi connectivity index (χ1v) is 7.49. The van der Waals surface area contributed by atoms with Gasteiger partial charge in [0.1, 0.15) is 6.61 Å². The number of benzene rings is 1. The van der Waals surface area contributed by atoms with E-state index in [9.17, 15) is 0 Å². The summed E-state index contributed by atoms with van der Waals surface area (Å²) in [5.41, 5.74) is 1.19. The van der Waals surface area contributed by atoms with E-state index >= 15 is 0 Å². The maximum absolute atomic E-state index is 5.88. The van der Waals surface area contributed by atoms with Gasteiger partial charge in [0, 0.05) is 25.7 Å². The Morgan fingerprint density at radius 2 is 2.05 bits per heavy atom. The van der Waals surface area contributed by atoms with Crippen LogP contribution in [0.2, 0.25) is 0 Å². The first kappa shape index (κ1) is 19.4. The molecule has 0 spiro atoms. The van der Waals surface area contributed by atoms with Crippen molar-refractivity contribution in [3.8, 4) is 11.5 Å². The molecule has 2 fully saturated rings. The fourth-order valence-corrected chi connectivity index (χ4v) is 3.30. The van der Waals surface area contributed by atoms with Gasteiger partial charge in [-0.2, -0.15) is 0 Å². The van der Waals surface area contributed by atoms with Crippen LogP contribution in [0.25, 0.3) is 0 Å². The molecule has 0 aromatic heterocycles. The Morgan fingerprint density at radius 3 is 2.77 bits per heavy atom. The molecule has 2 atom stereocenters. The zero-order valence-corrected chi connectivity index (χ0v) is 14.8. The zero-order chi connectivity index (χ0) is 13.9. The summed E-state index contributed by atoms with van der Waals surface area (Å²) in [6.07, 6.45) is 1.33. The fraction of sp³-hybridized carbons (Fsp3) is 0.625. The van der Waals surface area contributed by atoms with Gasteiger partial charge < -0.3 is 14.8 Å². The number of halogens is 2. The van der Waals surface area contributed by atoms with Crippen molar-refractivity contribution >= 4 is 24.8 Å². The summed E-state index contributed by atoms with van der Waals surface area (Å²) >= 11 is 0. The highest BCUT2D eigenvalue weighted by atomic mass is 35.5. The predicted molar refractivity (Wildman–Crippen MR) is 94.1 cm³/mol. The lowest BCUT2D eigenvalue weighted by molar-refractivity contribution is 0.222. The fourth-order valence-electron chi connectivity index (χ4n) is 3.30. The van der Waals surface area contributed by atoms with E-state index in [-0.39, 0.29) is 24.8 Å². The number of methoxy groups -OCH3 is 1. The van der Waals surface area contributed by atoms with Crippen LogP contribution in [0.4, 0.5) is 0 Å².